The fourth-order valence-corrected chi connectivity index (χ4v) is 1.38. The number of ether oxygens (including phenoxy) is 2. The van der Waals surface area contributed by atoms with Crippen molar-refractivity contribution in [1.82, 2.24) is 10.9 Å². The van der Waals surface area contributed by atoms with E-state index in [-0.39, 0.29) is 13.2 Å². The molecule has 0 spiro atoms. The second-order valence-corrected chi connectivity index (χ2v) is 3.81. The van der Waals surface area contributed by atoms with Crippen molar-refractivity contribution < 1.29 is 19.1 Å². The molecule has 0 saturated carbocycles. The average Bonchev–Trinajstić information content (AvgIpc) is 2.49. The molecule has 0 saturated heterocycles. The summed E-state index contributed by atoms with van der Waals surface area (Å²) >= 11 is 0. The molecule has 0 aromatic heterocycles. The van der Waals surface area contributed by atoms with Crippen molar-refractivity contribution in [2.45, 2.75) is 13.8 Å². The summed E-state index contributed by atoms with van der Waals surface area (Å²) in [6, 6.07) is 7.17. The van der Waals surface area contributed by atoms with E-state index in [1.807, 2.05) is 12.1 Å². The number of carbonyl (C=O) groups is 2. The van der Waals surface area contributed by atoms with Gasteiger partial charge in [0.25, 0.3) is 0 Å². The molecule has 0 fully saturated rings. The van der Waals surface area contributed by atoms with Gasteiger partial charge in [-0.25, -0.2) is 20.4 Å². The Morgan fingerprint density at radius 2 is 1.36 bits per heavy atom. The zero-order chi connectivity index (χ0) is 16.2. The summed E-state index contributed by atoms with van der Waals surface area (Å²) in [5, 5.41) is 7.54. The number of nitrogens with one attached hydrogen (secondary N) is 2. The van der Waals surface area contributed by atoms with Crippen LogP contribution in [-0.4, -0.2) is 37.8 Å². The highest BCUT2D eigenvalue weighted by Crippen LogP contribution is 2.03. The van der Waals surface area contributed by atoms with Crippen LogP contribution in [-0.2, 0) is 9.47 Å². The second kappa shape index (κ2) is 9.92. The van der Waals surface area contributed by atoms with Gasteiger partial charge in [-0.15, -0.1) is 0 Å². The lowest BCUT2D eigenvalue weighted by Crippen LogP contribution is -2.19. The van der Waals surface area contributed by atoms with Crippen LogP contribution in [0.25, 0.3) is 0 Å². The molecule has 0 aliphatic heterocycles. The van der Waals surface area contributed by atoms with Gasteiger partial charge in [-0.05, 0) is 13.8 Å². The predicted octanol–water partition coefficient (Wildman–Crippen LogP) is 1.85. The van der Waals surface area contributed by atoms with Crippen molar-refractivity contribution >= 4 is 24.6 Å². The Kier molecular flexibility index (Phi) is 7.73. The number of hydrogen-bond donors (Lipinski definition) is 2. The molecule has 2 amide bonds. The van der Waals surface area contributed by atoms with E-state index in [2.05, 4.69) is 30.5 Å². The van der Waals surface area contributed by atoms with Gasteiger partial charge in [0.2, 0.25) is 0 Å². The van der Waals surface area contributed by atoms with Gasteiger partial charge in [-0.2, -0.15) is 10.2 Å². The normalized spacial score (nSPS) is 10.6. The molecule has 0 aliphatic carbocycles. The third kappa shape index (κ3) is 6.51. The monoisotopic (exact) mass is 306 g/mol. The molecule has 0 bridgehead atoms. The van der Waals surface area contributed by atoms with Crippen LogP contribution in [0.2, 0.25) is 0 Å². The minimum Gasteiger partial charge on any atom is -0.449 e. The fraction of sp³-hybridized carbons (Fsp3) is 0.286. The molecule has 1 aromatic rings. The maximum Gasteiger partial charge on any atom is 0.427 e. The van der Waals surface area contributed by atoms with E-state index in [0.29, 0.717) is 11.1 Å². The molecule has 0 heterocycles. The van der Waals surface area contributed by atoms with E-state index in [9.17, 15) is 9.59 Å². The average molecular weight is 306 g/mol. The van der Waals surface area contributed by atoms with Gasteiger partial charge in [-0.1, -0.05) is 24.3 Å². The third-order valence-electron chi connectivity index (χ3n) is 2.27. The van der Waals surface area contributed by atoms with Crippen LogP contribution < -0.4 is 10.9 Å². The van der Waals surface area contributed by atoms with Gasteiger partial charge in [0.15, 0.2) is 0 Å². The number of hydrazone groups is 2. The predicted molar refractivity (Wildman–Crippen MR) is 81.9 cm³/mol. The standard InChI is InChI=1S/C14H18N4O4/c1-3-21-13(19)17-15-9-11-7-5-6-8-12(11)10-16-18-14(20)22-4-2/h5-10H,3-4H2,1-2H3,(H,17,19)(H,18,20)/b15-9+,16-10+. The first-order valence-corrected chi connectivity index (χ1v) is 6.68. The van der Waals surface area contributed by atoms with E-state index < -0.39 is 12.2 Å². The van der Waals surface area contributed by atoms with Gasteiger partial charge < -0.3 is 9.47 Å². The molecule has 118 valence electrons. The molecule has 2 N–H and O–H groups in total. The van der Waals surface area contributed by atoms with E-state index in [1.165, 1.54) is 12.4 Å². The Balaban J connectivity index is 2.65. The van der Waals surface area contributed by atoms with E-state index in [1.54, 1.807) is 26.0 Å². The summed E-state index contributed by atoms with van der Waals surface area (Å²) in [4.78, 5) is 22.2. The molecular formula is C14H18N4O4. The van der Waals surface area contributed by atoms with Gasteiger partial charge in [0.1, 0.15) is 0 Å². The molecular weight excluding hydrogens is 288 g/mol. The van der Waals surface area contributed by atoms with Gasteiger partial charge >= 0.3 is 12.2 Å². The van der Waals surface area contributed by atoms with E-state index >= 15 is 0 Å². The van der Waals surface area contributed by atoms with Gasteiger partial charge in [0.05, 0.1) is 25.6 Å². The lowest BCUT2D eigenvalue weighted by molar-refractivity contribution is 0.151. The number of hydrogen-bond acceptors (Lipinski definition) is 6. The highest BCUT2D eigenvalue weighted by Gasteiger charge is 1.99. The smallest absolute Gasteiger partial charge is 0.427 e. The Morgan fingerprint density at radius 1 is 0.955 bits per heavy atom. The molecule has 0 radical (unpaired) electrons. The second-order valence-electron chi connectivity index (χ2n) is 3.81. The van der Waals surface area contributed by atoms with Gasteiger partial charge in [-0.3, -0.25) is 0 Å². The Morgan fingerprint density at radius 3 is 1.73 bits per heavy atom. The molecule has 1 aromatic carbocycles. The summed E-state index contributed by atoms with van der Waals surface area (Å²) in [5.41, 5.74) is 5.85. The summed E-state index contributed by atoms with van der Waals surface area (Å²) in [7, 11) is 0. The summed E-state index contributed by atoms with van der Waals surface area (Å²) in [5.74, 6) is 0. The molecule has 0 aliphatic rings. The first-order valence-electron chi connectivity index (χ1n) is 6.68. The van der Waals surface area contributed by atoms with Crippen LogP contribution in [0.4, 0.5) is 9.59 Å². The number of carbonyl (C=O) groups excluding carboxylic acids is 2. The SMILES string of the molecule is CCOC(=O)N/N=C/c1ccccc1/C=N/NC(=O)OCC. The van der Waals surface area contributed by atoms with Crippen molar-refractivity contribution in [3.8, 4) is 0 Å². The summed E-state index contributed by atoms with van der Waals surface area (Å²) in [6.07, 6.45) is 1.63. The lowest BCUT2D eigenvalue weighted by atomic mass is 10.1. The Labute approximate surface area is 128 Å². The van der Waals surface area contributed by atoms with Crippen LogP contribution in [0.5, 0.6) is 0 Å². The topological polar surface area (TPSA) is 101 Å². The van der Waals surface area contributed by atoms with Crippen molar-refractivity contribution in [1.29, 1.82) is 0 Å². The Bertz CT molecular complexity index is 509. The Hall–Kier alpha value is -2.90. The van der Waals surface area contributed by atoms with Gasteiger partial charge in [0, 0.05) is 11.1 Å². The first-order chi connectivity index (χ1) is 10.7. The van der Waals surface area contributed by atoms with Crippen molar-refractivity contribution in [2.75, 3.05) is 13.2 Å². The highest BCUT2D eigenvalue weighted by atomic mass is 16.6. The van der Waals surface area contributed by atoms with Crippen LogP contribution in [0, 0.1) is 0 Å². The molecule has 22 heavy (non-hydrogen) atoms. The van der Waals surface area contributed by atoms with Crippen LogP contribution in [0.1, 0.15) is 25.0 Å². The maximum absolute atomic E-state index is 11.1. The number of rotatable bonds is 6. The van der Waals surface area contributed by atoms with Crippen LogP contribution in [0.15, 0.2) is 34.5 Å². The largest absolute Gasteiger partial charge is 0.449 e. The van der Waals surface area contributed by atoms with Crippen LogP contribution >= 0.6 is 0 Å². The molecule has 8 heteroatoms. The zero-order valence-corrected chi connectivity index (χ0v) is 12.4. The minimum absolute atomic E-state index is 0.268. The molecule has 0 unspecified atom stereocenters. The number of benzene rings is 1. The molecule has 8 nitrogen and oxygen atoms in total. The summed E-state index contributed by atoms with van der Waals surface area (Å²) in [6.45, 7) is 3.94. The minimum atomic E-state index is -0.631. The number of amides is 2. The van der Waals surface area contributed by atoms with Crippen molar-refractivity contribution in [3.05, 3.63) is 35.4 Å². The summed E-state index contributed by atoms with van der Waals surface area (Å²) < 4.78 is 9.35. The quantitative estimate of drug-likeness (QED) is 0.618. The highest BCUT2D eigenvalue weighted by molar-refractivity contribution is 5.94. The molecule has 1 rings (SSSR count). The van der Waals surface area contributed by atoms with Crippen molar-refractivity contribution in [3.63, 3.8) is 0 Å². The number of nitrogens with zero attached hydrogens (tertiary/aromatic N) is 2. The maximum atomic E-state index is 11.1. The van der Waals surface area contributed by atoms with Crippen LogP contribution in [0.3, 0.4) is 0 Å². The van der Waals surface area contributed by atoms with E-state index in [4.69, 9.17) is 0 Å². The zero-order valence-electron chi connectivity index (χ0n) is 12.4. The fourth-order valence-electron chi connectivity index (χ4n) is 1.38. The lowest BCUT2D eigenvalue weighted by Gasteiger charge is -2.02. The van der Waals surface area contributed by atoms with E-state index in [0.717, 1.165) is 0 Å². The van der Waals surface area contributed by atoms with Crippen molar-refractivity contribution in [2.24, 2.45) is 10.2 Å². The first kappa shape index (κ1) is 17.2. The molecule has 0 atom stereocenters. The third-order valence-corrected chi connectivity index (χ3v) is 2.27.